The smallest absolute Gasteiger partial charge is 0.0725 e. The van der Waals surface area contributed by atoms with Crippen molar-refractivity contribution >= 4 is 0 Å². The molecule has 1 atom stereocenters. The molecule has 1 N–H and O–H groups in total. The molecule has 1 unspecified atom stereocenters. The van der Waals surface area contributed by atoms with Crippen LogP contribution >= 0.6 is 0 Å². The van der Waals surface area contributed by atoms with Gasteiger partial charge in [-0.25, -0.2) is 0 Å². The van der Waals surface area contributed by atoms with Gasteiger partial charge in [0.25, 0.3) is 0 Å². The number of hydrogen-bond acceptors (Lipinski definition) is 2. The van der Waals surface area contributed by atoms with E-state index in [1.54, 1.807) is 0 Å². The SMILES string of the molecule is CCCNC(C=C(C)C)c1ccc2c(c1)COC2. The maximum absolute atomic E-state index is 5.48. The fourth-order valence-electron chi connectivity index (χ4n) is 2.29. The van der Waals surface area contributed by atoms with E-state index >= 15 is 0 Å². The summed E-state index contributed by atoms with van der Waals surface area (Å²) in [4.78, 5) is 0. The lowest BCUT2D eigenvalue weighted by Gasteiger charge is -2.17. The minimum absolute atomic E-state index is 0.320. The molecule has 2 nitrogen and oxygen atoms in total. The molecule has 0 spiro atoms. The molecule has 0 bridgehead atoms. The van der Waals surface area contributed by atoms with Gasteiger partial charge in [-0.05, 0) is 43.5 Å². The van der Waals surface area contributed by atoms with E-state index in [4.69, 9.17) is 4.74 Å². The maximum Gasteiger partial charge on any atom is 0.0725 e. The third-order valence-corrected chi connectivity index (χ3v) is 3.22. The van der Waals surface area contributed by atoms with Crippen LogP contribution in [0.3, 0.4) is 0 Å². The van der Waals surface area contributed by atoms with Gasteiger partial charge in [-0.1, -0.05) is 36.8 Å². The first-order valence-corrected chi connectivity index (χ1v) is 6.78. The van der Waals surface area contributed by atoms with Crippen LogP contribution in [-0.4, -0.2) is 6.54 Å². The Morgan fingerprint density at radius 1 is 1.33 bits per heavy atom. The Morgan fingerprint density at radius 3 is 2.83 bits per heavy atom. The van der Waals surface area contributed by atoms with Crippen LogP contribution in [0.25, 0.3) is 0 Å². The minimum Gasteiger partial charge on any atom is -0.372 e. The van der Waals surface area contributed by atoms with Crippen molar-refractivity contribution < 1.29 is 4.74 Å². The molecule has 2 heteroatoms. The van der Waals surface area contributed by atoms with E-state index in [0.717, 1.165) is 26.2 Å². The first kappa shape index (κ1) is 13.3. The van der Waals surface area contributed by atoms with Gasteiger partial charge in [0.15, 0.2) is 0 Å². The first-order valence-electron chi connectivity index (χ1n) is 6.78. The van der Waals surface area contributed by atoms with Crippen LogP contribution in [0.2, 0.25) is 0 Å². The highest BCUT2D eigenvalue weighted by molar-refractivity contribution is 5.36. The topological polar surface area (TPSA) is 21.3 Å². The number of hydrogen-bond donors (Lipinski definition) is 1. The van der Waals surface area contributed by atoms with Gasteiger partial charge < -0.3 is 10.1 Å². The molecule has 98 valence electrons. The van der Waals surface area contributed by atoms with E-state index < -0.39 is 0 Å². The van der Waals surface area contributed by atoms with Gasteiger partial charge in [-0.15, -0.1) is 0 Å². The lowest BCUT2D eigenvalue weighted by atomic mass is 9.99. The molecule has 1 aliphatic rings. The van der Waals surface area contributed by atoms with Crippen LogP contribution in [0.5, 0.6) is 0 Å². The van der Waals surface area contributed by atoms with E-state index in [9.17, 15) is 0 Å². The fourth-order valence-corrected chi connectivity index (χ4v) is 2.29. The molecular weight excluding hydrogens is 222 g/mol. The quantitative estimate of drug-likeness (QED) is 0.798. The van der Waals surface area contributed by atoms with Crippen LogP contribution in [0, 0.1) is 0 Å². The molecule has 0 radical (unpaired) electrons. The molecule has 1 aliphatic heterocycles. The summed E-state index contributed by atoms with van der Waals surface area (Å²) < 4.78 is 5.48. The predicted molar refractivity (Wildman–Crippen MR) is 75.4 cm³/mol. The summed E-state index contributed by atoms with van der Waals surface area (Å²) in [5, 5.41) is 3.59. The molecular formula is C16H23NO. The number of allylic oxidation sites excluding steroid dienone is 1. The Labute approximate surface area is 110 Å². The van der Waals surface area contributed by atoms with Crippen molar-refractivity contribution in [2.75, 3.05) is 6.54 Å². The summed E-state index contributed by atoms with van der Waals surface area (Å²) in [6.07, 6.45) is 3.45. The standard InChI is InChI=1S/C16H23NO/c1-4-7-17-16(8-12(2)3)13-5-6-14-10-18-11-15(14)9-13/h5-6,8-9,16-17H,4,7,10-11H2,1-3H3. The molecule has 0 saturated heterocycles. The average Bonchev–Trinajstić information content (AvgIpc) is 2.81. The second-order valence-corrected chi connectivity index (χ2v) is 5.20. The highest BCUT2D eigenvalue weighted by Crippen LogP contribution is 2.25. The number of fused-ring (bicyclic) bond motifs is 1. The Morgan fingerprint density at radius 2 is 2.11 bits per heavy atom. The predicted octanol–water partition coefficient (Wildman–Crippen LogP) is 3.72. The molecule has 1 aromatic carbocycles. The Kier molecular flexibility index (Phi) is 4.56. The van der Waals surface area contributed by atoms with E-state index in [2.05, 4.69) is 50.4 Å². The first-order chi connectivity index (χ1) is 8.70. The molecule has 0 aromatic heterocycles. The van der Waals surface area contributed by atoms with E-state index in [1.165, 1.54) is 22.3 Å². The van der Waals surface area contributed by atoms with Crippen molar-refractivity contribution in [1.29, 1.82) is 0 Å². The number of ether oxygens (including phenoxy) is 1. The van der Waals surface area contributed by atoms with Crippen molar-refractivity contribution in [3.63, 3.8) is 0 Å². The lowest BCUT2D eigenvalue weighted by molar-refractivity contribution is 0.134. The molecule has 0 fully saturated rings. The highest BCUT2D eigenvalue weighted by atomic mass is 16.5. The summed E-state index contributed by atoms with van der Waals surface area (Å²) >= 11 is 0. The fraction of sp³-hybridized carbons (Fsp3) is 0.500. The maximum atomic E-state index is 5.48. The molecule has 18 heavy (non-hydrogen) atoms. The number of benzene rings is 1. The van der Waals surface area contributed by atoms with Gasteiger partial charge in [0, 0.05) is 0 Å². The third-order valence-electron chi connectivity index (χ3n) is 3.22. The van der Waals surface area contributed by atoms with Crippen LogP contribution in [0.4, 0.5) is 0 Å². The van der Waals surface area contributed by atoms with Gasteiger partial charge in [-0.3, -0.25) is 0 Å². The van der Waals surface area contributed by atoms with Crippen molar-refractivity contribution in [3.05, 3.63) is 46.5 Å². The zero-order valence-electron chi connectivity index (χ0n) is 11.6. The second kappa shape index (κ2) is 6.17. The van der Waals surface area contributed by atoms with Crippen molar-refractivity contribution in [3.8, 4) is 0 Å². The third kappa shape index (κ3) is 3.21. The van der Waals surface area contributed by atoms with Gasteiger partial charge in [-0.2, -0.15) is 0 Å². The summed E-state index contributed by atoms with van der Waals surface area (Å²) in [6, 6.07) is 7.04. The van der Waals surface area contributed by atoms with Gasteiger partial charge >= 0.3 is 0 Å². The van der Waals surface area contributed by atoms with E-state index in [-0.39, 0.29) is 0 Å². The molecule has 0 saturated carbocycles. The van der Waals surface area contributed by atoms with Crippen molar-refractivity contribution in [2.45, 2.75) is 46.4 Å². The van der Waals surface area contributed by atoms with Crippen LogP contribution in [0.15, 0.2) is 29.8 Å². The zero-order chi connectivity index (χ0) is 13.0. The molecule has 1 heterocycles. The monoisotopic (exact) mass is 245 g/mol. The lowest BCUT2D eigenvalue weighted by Crippen LogP contribution is -2.20. The largest absolute Gasteiger partial charge is 0.372 e. The summed E-state index contributed by atoms with van der Waals surface area (Å²) in [5.41, 5.74) is 5.37. The Balaban J connectivity index is 2.21. The highest BCUT2D eigenvalue weighted by Gasteiger charge is 2.14. The number of rotatable bonds is 5. The summed E-state index contributed by atoms with van der Waals surface area (Å²) in [5.74, 6) is 0. The van der Waals surface area contributed by atoms with Crippen LogP contribution in [-0.2, 0) is 18.0 Å². The van der Waals surface area contributed by atoms with Gasteiger partial charge in [0.1, 0.15) is 0 Å². The second-order valence-electron chi connectivity index (χ2n) is 5.20. The van der Waals surface area contributed by atoms with Crippen molar-refractivity contribution in [1.82, 2.24) is 5.32 Å². The van der Waals surface area contributed by atoms with E-state index in [1.807, 2.05) is 0 Å². The zero-order valence-corrected chi connectivity index (χ0v) is 11.6. The summed E-state index contributed by atoms with van der Waals surface area (Å²) in [7, 11) is 0. The van der Waals surface area contributed by atoms with E-state index in [0.29, 0.717) is 6.04 Å². The van der Waals surface area contributed by atoms with Crippen molar-refractivity contribution in [2.24, 2.45) is 0 Å². The average molecular weight is 245 g/mol. The minimum atomic E-state index is 0.320. The van der Waals surface area contributed by atoms with Crippen LogP contribution in [0.1, 0.15) is 49.9 Å². The van der Waals surface area contributed by atoms with Gasteiger partial charge in [0.05, 0.1) is 19.3 Å². The molecule has 1 aromatic rings. The number of nitrogens with one attached hydrogen (secondary N) is 1. The van der Waals surface area contributed by atoms with Gasteiger partial charge in [0.2, 0.25) is 0 Å². The summed E-state index contributed by atoms with van der Waals surface area (Å²) in [6.45, 7) is 9.07. The van der Waals surface area contributed by atoms with Crippen LogP contribution < -0.4 is 5.32 Å². The Hall–Kier alpha value is -1.12. The molecule has 0 aliphatic carbocycles. The Bertz CT molecular complexity index is 433. The molecule has 0 amide bonds. The normalized spacial score (nSPS) is 15.3. The molecule has 2 rings (SSSR count).